The number of rotatable bonds is 1. The second kappa shape index (κ2) is 3.37. The number of hydrogen-bond donors (Lipinski definition) is 1. The summed E-state index contributed by atoms with van der Waals surface area (Å²) < 4.78 is 0. The lowest BCUT2D eigenvalue weighted by Crippen LogP contribution is -2.23. The zero-order valence-corrected chi connectivity index (χ0v) is 6.46. The van der Waals surface area contributed by atoms with Gasteiger partial charge in [0, 0.05) is 6.04 Å². The number of allylic oxidation sites excluding steroid dienone is 4. The lowest BCUT2D eigenvalue weighted by atomic mass is 10.1. The van der Waals surface area contributed by atoms with Gasteiger partial charge in [0.25, 0.3) is 0 Å². The SMILES string of the molecule is CN[C@@H]1C=CC=CC=C1C. The monoisotopic (exact) mass is 135 g/mol. The van der Waals surface area contributed by atoms with Crippen LogP contribution < -0.4 is 5.32 Å². The molecule has 1 N–H and O–H groups in total. The Balaban J connectivity index is 2.75. The van der Waals surface area contributed by atoms with Gasteiger partial charge in [0.15, 0.2) is 0 Å². The van der Waals surface area contributed by atoms with Crippen LogP contribution in [0.4, 0.5) is 0 Å². The van der Waals surface area contributed by atoms with E-state index >= 15 is 0 Å². The minimum atomic E-state index is 0.412. The predicted molar refractivity (Wildman–Crippen MR) is 44.9 cm³/mol. The molecule has 1 heteroatoms. The van der Waals surface area contributed by atoms with Crippen molar-refractivity contribution in [2.24, 2.45) is 0 Å². The predicted octanol–water partition coefficient (Wildman–Crippen LogP) is 1.65. The lowest BCUT2D eigenvalue weighted by molar-refractivity contribution is 0.753. The Labute approximate surface area is 62.1 Å². The third kappa shape index (κ3) is 1.58. The van der Waals surface area contributed by atoms with Crippen molar-refractivity contribution in [2.45, 2.75) is 13.0 Å². The molecular formula is C9H13N. The van der Waals surface area contributed by atoms with Gasteiger partial charge in [0.2, 0.25) is 0 Å². The van der Waals surface area contributed by atoms with Crippen LogP contribution in [0.25, 0.3) is 0 Å². The van der Waals surface area contributed by atoms with Crippen LogP contribution in [-0.4, -0.2) is 13.1 Å². The van der Waals surface area contributed by atoms with E-state index in [0.29, 0.717) is 6.04 Å². The van der Waals surface area contributed by atoms with E-state index in [-0.39, 0.29) is 0 Å². The summed E-state index contributed by atoms with van der Waals surface area (Å²) in [5.74, 6) is 0. The molecule has 0 aromatic heterocycles. The molecule has 0 fully saturated rings. The first-order valence-electron chi connectivity index (χ1n) is 3.53. The number of nitrogens with one attached hydrogen (secondary N) is 1. The van der Waals surface area contributed by atoms with Crippen molar-refractivity contribution < 1.29 is 0 Å². The van der Waals surface area contributed by atoms with Gasteiger partial charge in [-0.2, -0.15) is 0 Å². The molecule has 1 aliphatic rings. The first kappa shape index (κ1) is 7.29. The van der Waals surface area contributed by atoms with Gasteiger partial charge in [-0.1, -0.05) is 36.0 Å². The molecule has 0 heterocycles. The van der Waals surface area contributed by atoms with E-state index in [4.69, 9.17) is 0 Å². The van der Waals surface area contributed by atoms with Crippen LogP contribution in [0.15, 0.2) is 36.0 Å². The number of hydrogen-bond acceptors (Lipinski definition) is 1. The Hall–Kier alpha value is -0.820. The molecule has 0 spiro atoms. The summed E-state index contributed by atoms with van der Waals surface area (Å²) in [6, 6.07) is 0.412. The quantitative estimate of drug-likeness (QED) is 0.576. The summed E-state index contributed by atoms with van der Waals surface area (Å²) in [5, 5.41) is 3.20. The Kier molecular flexibility index (Phi) is 2.46. The van der Waals surface area contributed by atoms with Crippen LogP contribution in [0.3, 0.4) is 0 Å². The van der Waals surface area contributed by atoms with Crippen LogP contribution in [-0.2, 0) is 0 Å². The molecule has 0 bridgehead atoms. The first-order chi connectivity index (χ1) is 4.84. The van der Waals surface area contributed by atoms with Gasteiger partial charge in [-0.05, 0) is 14.0 Å². The molecule has 0 saturated carbocycles. The Morgan fingerprint density at radius 1 is 1.30 bits per heavy atom. The van der Waals surface area contributed by atoms with Gasteiger partial charge >= 0.3 is 0 Å². The van der Waals surface area contributed by atoms with Gasteiger partial charge in [0.1, 0.15) is 0 Å². The average molecular weight is 135 g/mol. The van der Waals surface area contributed by atoms with Gasteiger partial charge in [-0.15, -0.1) is 0 Å². The van der Waals surface area contributed by atoms with E-state index in [1.165, 1.54) is 5.57 Å². The summed E-state index contributed by atoms with van der Waals surface area (Å²) in [6.07, 6.45) is 10.4. The molecule has 0 aromatic carbocycles. The Morgan fingerprint density at radius 2 is 2.10 bits per heavy atom. The third-order valence-electron chi connectivity index (χ3n) is 1.69. The van der Waals surface area contributed by atoms with E-state index in [2.05, 4.69) is 36.5 Å². The third-order valence-corrected chi connectivity index (χ3v) is 1.69. The highest BCUT2D eigenvalue weighted by Crippen LogP contribution is 2.05. The van der Waals surface area contributed by atoms with E-state index < -0.39 is 0 Å². The maximum atomic E-state index is 3.20. The smallest absolute Gasteiger partial charge is 0.0466 e. The van der Waals surface area contributed by atoms with Crippen molar-refractivity contribution in [2.75, 3.05) is 7.05 Å². The van der Waals surface area contributed by atoms with E-state index in [1.807, 2.05) is 13.1 Å². The van der Waals surface area contributed by atoms with Crippen LogP contribution >= 0.6 is 0 Å². The Bertz CT molecular complexity index is 187. The van der Waals surface area contributed by atoms with Crippen molar-refractivity contribution in [3.63, 3.8) is 0 Å². The van der Waals surface area contributed by atoms with Crippen molar-refractivity contribution in [3.8, 4) is 0 Å². The van der Waals surface area contributed by atoms with Gasteiger partial charge in [0.05, 0.1) is 0 Å². The van der Waals surface area contributed by atoms with Crippen LogP contribution in [0.2, 0.25) is 0 Å². The molecule has 0 unspecified atom stereocenters. The average Bonchev–Trinajstić information content (AvgIpc) is 2.13. The first-order valence-corrected chi connectivity index (χ1v) is 3.53. The highest BCUT2D eigenvalue weighted by molar-refractivity contribution is 5.27. The molecule has 10 heavy (non-hydrogen) atoms. The zero-order valence-electron chi connectivity index (χ0n) is 6.46. The zero-order chi connectivity index (χ0) is 7.40. The van der Waals surface area contributed by atoms with E-state index in [0.717, 1.165) is 0 Å². The molecule has 54 valence electrons. The topological polar surface area (TPSA) is 12.0 Å². The second-order valence-electron chi connectivity index (χ2n) is 2.45. The minimum absolute atomic E-state index is 0.412. The van der Waals surface area contributed by atoms with Gasteiger partial charge in [-0.3, -0.25) is 0 Å². The highest BCUT2D eigenvalue weighted by atomic mass is 14.9. The van der Waals surface area contributed by atoms with Gasteiger partial charge < -0.3 is 5.32 Å². The molecule has 0 saturated heterocycles. The molecule has 0 radical (unpaired) electrons. The van der Waals surface area contributed by atoms with Crippen LogP contribution in [0.1, 0.15) is 6.92 Å². The molecule has 0 aliphatic heterocycles. The lowest BCUT2D eigenvalue weighted by Gasteiger charge is -2.09. The van der Waals surface area contributed by atoms with Crippen molar-refractivity contribution in [3.05, 3.63) is 36.0 Å². The molecule has 0 amide bonds. The molecule has 1 rings (SSSR count). The van der Waals surface area contributed by atoms with Crippen molar-refractivity contribution in [1.29, 1.82) is 0 Å². The van der Waals surface area contributed by atoms with Gasteiger partial charge in [-0.25, -0.2) is 0 Å². The summed E-state index contributed by atoms with van der Waals surface area (Å²) in [4.78, 5) is 0. The van der Waals surface area contributed by atoms with E-state index in [9.17, 15) is 0 Å². The molecule has 1 atom stereocenters. The Morgan fingerprint density at radius 3 is 2.80 bits per heavy atom. The fourth-order valence-electron chi connectivity index (χ4n) is 1.03. The van der Waals surface area contributed by atoms with Crippen molar-refractivity contribution >= 4 is 0 Å². The maximum Gasteiger partial charge on any atom is 0.0466 e. The standard InChI is InChI=1S/C9H13N/c1-8-6-4-3-5-7-9(8)10-2/h3-7,9-10H,1-2H3/t9-/m1/s1. The normalized spacial score (nSPS) is 24.2. The number of likely N-dealkylation sites (N-methyl/N-ethyl adjacent to an activating group) is 1. The van der Waals surface area contributed by atoms with Crippen molar-refractivity contribution in [1.82, 2.24) is 5.32 Å². The fourth-order valence-corrected chi connectivity index (χ4v) is 1.03. The largest absolute Gasteiger partial charge is 0.310 e. The molecule has 0 aromatic rings. The molecular weight excluding hydrogens is 122 g/mol. The fraction of sp³-hybridized carbons (Fsp3) is 0.333. The second-order valence-corrected chi connectivity index (χ2v) is 2.45. The summed E-state index contributed by atoms with van der Waals surface area (Å²) in [7, 11) is 1.97. The molecule has 1 nitrogen and oxygen atoms in total. The molecule has 1 aliphatic carbocycles. The maximum absolute atomic E-state index is 3.20. The summed E-state index contributed by atoms with van der Waals surface area (Å²) >= 11 is 0. The summed E-state index contributed by atoms with van der Waals surface area (Å²) in [6.45, 7) is 2.13. The highest BCUT2D eigenvalue weighted by Gasteiger charge is 2.02. The van der Waals surface area contributed by atoms with Crippen LogP contribution in [0, 0.1) is 0 Å². The summed E-state index contributed by atoms with van der Waals surface area (Å²) in [5.41, 5.74) is 1.35. The van der Waals surface area contributed by atoms with Crippen LogP contribution in [0.5, 0.6) is 0 Å². The van der Waals surface area contributed by atoms with E-state index in [1.54, 1.807) is 0 Å². The minimum Gasteiger partial charge on any atom is -0.310 e.